The highest BCUT2D eigenvalue weighted by Crippen LogP contribution is 2.29. The average Bonchev–Trinajstić information content (AvgIpc) is 2.91. The van der Waals surface area contributed by atoms with Crippen molar-refractivity contribution >= 4 is 32.5 Å². The summed E-state index contributed by atoms with van der Waals surface area (Å²) in [6, 6.07) is 14.8. The molecule has 37 heavy (non-hydrogen) atoms. The molecule has 0 unspecified atom stereocenters. The Bertz CT molecular complexity index is 1560. The summed E-state index contributed by atoms with van der Waals surface area (Å²) in [6.07, 6.45) is 8.84. The zero-order valence-electron chi connectivity index (χ0n) is 20.9. The monoisotopic (exact) mass is 515 g/mol. The normalized spacial score (nSPS) is 16.1. The quantitative estimate of drug-likeness (QED) is 0.413. The molecule has 0 saturated carbocycles. The van der Waals surface area contributed by atoms with Gasteiger partial charge in [0.1, 0.15) is 5.82 Å². The van der Waals surface area contributed by atoms with Gasteiger partial charge in [0.15, 0.2) is 9.84 Å². The van der Waals surface area contributed by atoms with Crippen molar-refractivity contribution in [2.45, 2.75) is 37.1 Å². The number of piperidine rings is 1. The Morgan fingerprint density at radius 2 is 1.92 bits per heavy atom. The number of anilines is 1. The lowest BCUT2D eigenvalue weighted by Gasteiger charge is -2.34. The third kappa shape index (κ3) is 5.61. The molecule has 1 atom stereocenters. The number of sulfone groups is 1. The predicted octanol–water partition coefficient (Wildman–Crippen LogP) is 4.05. The van der Waals surface area contributed by atoms with Gasteiger partial charge in [0.25, 0.3) is 5.91 Å². The summed E-state index contributed by atoms with van der Waals surface area (Å²) in [5.74, 6) is 1.02. The molecule has 1 N–H and O–H groups in total. The number of hydrogen-bond acceptors (Lipinski definition) is 7. The van der Waals surface area contributed by atoms with E-state index in [1.54, 1.807) is 25.3 Å². The Morgan fingerprint density at radius 3 is 2.70 bits per heavy atom. The first kappa shape index (κ1) is 24.8. The zero-order valence-corrected chi connectivity index (χ0v) is 21.7. The van der Waals surface area contributed by atoms with Crippen LogP contribution in [0.3, 0.4) is 0 Å². The lowest BCUT2D eigenvalue weighted by atomic mass is 9.91. The first-order chi connectivity index (χ1) is 17.8. The van der Waals surface area contributed by atoms with Crippen LogP contribution in [0.2, 0.25) is 0 Å². The summed E-state index contributed by atoms with van der Waals surface area (Å²) < 4.78 is 24.0. The number of nitrogens with one attached hydrogen (secondary N) is 1. The van der Waals surface area contributed by atoms with Gasteiger partial charge < -0.3 is 10.2 Å². The standard InChI is InChI=1S/C28H29N5O3S/c1-19-5-6-21(14-26(19)37(2,35)36)28(34)31-17-24-15-25-22(16-30-24)7-8-27(32-25)33-13-3-4-23(18-33)20-9-11-29-12-10-20/h5-12,14-16,23H,3-4,13,17-18H2,1-2H3,(H,31,34)/t23-/m1/s1. The van der Waals surface area contributed by atoms with Crippen molar-refractivity contribution in [3.8, 4) is 0 Å². The third-order valence-corrected chi connectivity index (χ3v) is 8.06. The Balaban J connectivity index is 1.30. The second kappa shape index (κ2) is 10.3. The molecule has 4 aromatic rings. The maximum atomic E-state index is 12.7. The SMILES string of the molecule is Cc1ccc(C(=O)NCc2cc3nc(N4CCC[C@@H](c5ccncc5)C4)ccc3cn2)cc1S(C)(=O)=O. The summed E-state index contributed by atoms with van der Waals surface area (Å²) in [7, 11) is -3.42. The minimum atomic E-state index is -3.42. The second-order valence-corrected chi connectivity index (χ2v) is 11.5. The molecule has 190 valence electrons. The van der Waals surface area contributed by atoms with E-state index < -0.39 is 9.84 Å². The number of carbonyl (C=O) groups excluding carboxylic acids is 1. The number of pyridine rings is 3. The molecule has 1 fully saturated rings. The highest BCUT2D eigenvalue weighted by Gasteiger charge is 2.22. The van der Waals surface area contributed by atoms with Crippen LogP contribution < -0.4 is 10.2 Å². The number of fused-ring (bicyclic) bond motifs is 1. The Labute approximate surface area is 216 Å². The van der Waals surface area contributed by atoms with E-state index in [2.05, 4.69) is 32.3 Å². The van der Waals surface area contributed by atoms with E-state index in [1.165, 1.54) is 11.6 Å². The number of aryl methyl sites for hydroxylation is 1. The van der Waals surface area contributed by atoms with Crippen LogP contribution in [0.25, 0.3) is 10.9 Å². The van der Waals surface area contributed by atoms with Crippen LogP contribution in [-0.2, 0) is 16.4 Å². The van der Waals surface area contributed by atoms with Crippen molar-refractivity contribution in [1.82, 2.24) is 20.3 Å². The summed E-state index contributed by atoms with van der Waals surface area (Å²) in [4.78, 5) is 28.7. The van der Waals surface area contributed by atoms with Gasteiger partial charge in [0.2, 0.25) is 0 Å². The Kier molecular flexibility index (Phi) is 6.88. The van der Waals surface area contributed by atoms with Crippen molar-refractivity contribution in [3.63, 3.8) is 0 Å². The van der Waals surface area contributed by atoms with Crippen LogP contribution >= 0.6 is 0 Å². The van der Waals surface area contributed by atoms with Crippen molar-refractivity contribution in [2.75, 3.05) is 24.2 Å². The predicted molar refractivity (Wildman–Crippen MR) is 143 cm³/mol. The van der Waals surface area contributed by atoms with Gasteiger partial charge in [-0.05, 0) is 73.4 Å². The minimum Gasteiger partial charge on any atom is -0.356 e. The van der Waals surface area contributed by atoms with E-state index >= 15 is 0 Å². The molecule has 4 heterocycles. The lowest BCUT2D eigenvalue weighted by Crippen LogP contribution is -2.34. The van der Waals surface area contributed by atoms with Crippen molar-refractivity contribution in [1.29, 1.82) is 0 Å². The topological polar surface area (TPSA) is 105 Å². The van der Waals surface area contributed by atoms with E-state index in [-0.39, 0.29) is 17.3 Å². The summed E-state index contributed by atoms with van der Waals surface area (Å²) in [5.41, 5.74) is 3.70. The molecule has 3 aromatic heterocycles. The van der Waals surface area contributed by atoms with Gasteiger partial charge in [-0.25, -0.2) is 13.4 Å². The zero-order chi connectivity index (χ0) is 26.0. The molecule has 1 saturated heterocycles. The molecular formula is C28H29N5O3S. The highest BCUT2D eigenvalue weighted by molar-refractivity contribution is 7.90. The molecule has 0 spiro atoms. The Morgan fingerprint density at radius 1 is 1.11 bits per heavy atom. The molecule has 5 rings (SSSR count). The molecular weight excluding hydrogens is 486 g/mol. The van der Waals surface area contributed by atoms with Gasteiger partial charge in [-0.2, -0.15) is 0 Å². The Hall–Kier alpha value is -3.85. The average molecular weight is 516 g/mol. The van der Waals surface area contributed by atoms with Crippen molar-refractivity contribution in [3.05, 3.63) is 89.5 Å². The summed E-state index contributed by atoms with van der Waals surface area (Å²) in [6.45, 7) is 3.78. The molecule has 0 bridgehead atoms. The van der Waals surface area contributed by atoms with Crippen LogP contribution in [0.4, 0.5) is 5.82 Å². The van der Waals surface area contributed by atoms with Crippen LogP contribution in [0.15, 0.2) is 72.0 Å². The molecule has 1 amide bonds. The minimum absolute atomic E-state index is 0.157. The maximum Gasteiger partial charge on any atom is 0.251 e. The molecule has 1 aliphatic heterocycles. The van der Waals surface area contributed by atoms with Gasteiger partial charge in [0.05, 0.1) is 22.7 Å². The van der Waals surface area contributed by atoms with Crippen LogP contribution in [0, 0.1) is 6.92 Å². The number of aromatic nitrogens is 3. The number of amides is 1. The fourth-order valence-electron chi connectivity index (χ4n) is 4.83. The molecule has 0 aliphatic carbocycles. The largest absolute Gasteiger partial charge is 0.356 e. The fourth-order valence-corrected chi connectivity index (χ4v) is 5.82. The van der Waals surface area contributed by atoms with Gasteiger partial charge in [0, 0.05) is 54.8 Å². The molecule has 0 radical (unpaired) electrons. The maximum absolute atomic E-state index is 12.7. The number of benzene rings is 1. The van der Waals surface area contributed by atoms with Gasteiger partial charge in [-0.1, -0.05) is 6.07 Å². The van der Waals surface area contributed by atoms with E-state index in [0.29, 0.717) is 22.7 Å². The highest BCUT2D eigenvalue weighted by atomic mass is 32.2. The van der Waals surface area contributed by atoms with Crippen LogP contribution in [0.5, 0.6) is 0 Å². The molecule has 1 aliphatic rings. The first-order valence-electron chi connectivity index (χ1n) is 12.3. The smallest absolute Gasteiger partial charge is 0.251 e. The third-order valence-electron chi connectivity index (χ3n) is 6.82. The van der Waals surface area contributed by atoms with Crippen molar-refractivity contribution in [2.24, 2.45) is 0 Å². The van der Waals surface area contributed by atoms with E-state index in [1.807, 2.05) is 30.6 Å². The summed E-state index contributed by atoms with van der Waals surface area (Å²) >= 11 is 0. The van der Waals surface area contributed by atoms with Crippen LogP contribution in [-0.4, -0.2) is 48.6 Å². The van der Waals surface area contributed by atoms with Gasteiger partial charge in [-0.15, -0.1) is 0 Å². The fraction of sp³-hybridized carbons (Fsp3) is 0.286. The van der Waals surface area contributed by atoms with E-state index in [0.717, 1.165) is 48.9 Å². The van der Waals surface area contributed by atoms with Crippen LogP contribution in [0.1, 0.15) is 45.9 Å². The lowest BCUT2D eigenvalue weighted by molar-refractivity contribution is 0.0950. The van der Waals surface area contributed by atoms with Crippen molar-refractivity contribution < 1.29 is 13.2 Å². The first-order valence-corrected chi connectivity index (χ1v) is 14.2. The molecule has 8 nitrogen and oxygen atoms in total. The second-order valence-electron chi connectivity index (χ2n) is 9.54. The molecule has 9 heteroatoms. The number of carbonyl (C=O) groups is 1. The number of nitrogens with zero attached hydrogens (tertiary/aromatic N) is 4. The van der Waals surface area contributed by atoms with E-state index in [9.17, 15) is 13.2 Å². The van der Waals surface area contributed by atoms with E-state index in [4.69, 9.17) is 4.98 Å². The van der Waals surface area contributed by atoms with Gasteiger partial charge >= 0.3 is 0 Å². The summed E-state index contributed by atoms with van der Waals surface area (Å²) in [5, 5.41) is 3.77. The number of rotatable bonds is 6. The van der Waals surface area contributed by atoms with Gasteiger partial charge in [-0.3, -0.25) is 14.8 Å². The molecule has 1 aromatic carbocycles. The number of hydrogen-bond donors (Lipinski definition) is 1.